The zero-order valence-electron chi connectivity index (χ0n) is 15.9. The van der Waals surface area contributed by atoms with Crippen molar-refractivity contribution in [3.8, 4) is 0 Å². The number of primary amides is 1. The fourth-order valence-corrected chi connectivity index (χ4v) is 4.36. The lowest BCUT2D eigenvalue weighted by Gasteiger charge is -2.50. The van der Waals surface area contributed by atoms with Gasteiger partial charge < -0.3 is 5.73 Å². The van der Waals surface area contributed by atoms with E-state index >= 15 is 0 Å². The Bertz CT molecular complexity index is 690. The van der Waals surface area contributed by atoms with Crippen molar-refractivity contribution in [3.63, 3.8) is 0 Å². The first kappa shape index (κ1) is 22.7. The van der Waals surface area contributed by atoms with E-state index in [1.807, 2.05) is 0 Å². The fraction of sp³-hybridized carbons (Fsp3) is 0.409. The first-order valence-electron chi connectivity index (χ1n) is 9.59. The summed E-state index contributed by atoms with van der Waals surface area (Å²) in [6.07, 6.45) is 1.82. The van der Waals surface area contributed by atoms with Crippen molar-refractivity contribution in [2.75, 3.05) is 26.2 Å². The van der Waals surface area contributed by atoms with Crippen LogP contribution in [0, 0.1) is 5.92 Å². The molecule has 1 amide bonds. The molecule has 2 saturated heterocycles. The summed E-state index contributed by atoms with van der Waals surface area (Å²) in [4.78, 5) is 16.5. The quantitative estimate of drug-likeness (QED) is 0.803. The molecule has 0 spiro atoms. The van der Waals surface area contributed by atoms with Crippen LogP contribution in [0.25, 0.3) is 0 Å². The van der Waals surface area contributed by atoms with Crippen LogP contribution in [0.4, 0.5) is 0 Å². The molecule has 0 radical (unpaired) electrons. The average molecular weight is 422 g/mol. The summed E-state index contributed by atoms with van der Waals surface area (Å²) in [5, 5.41) is 0. The lowest BCUT2D eigenvalue weighted by atomic mass is 9.90. The van der Waals surface area contributed by atoms with Gasteiger partial charge in [0.05, 0.1) is 6.04 Å². The largest absolute Gasteiger partial charge is 0.369 e. The second kappa shape index (κ2) is 10.3. The number of carbonyl (C=O) groups is 1. The molecule has 0 saturated carbocycles. The van der Waals surface area contributed by atoms with Gasteiger partial charge in [0.15, 0.2) is 0 Å². The maximum atomic E-state index is 11.4. The predicted molar refractivity (Wildman–Crippen MR) is 118 cm³/mol. The Morgan fingerprint density at radius 2 is 1.32 bits per heavy atom. The summed E-state index contributed by atoms with van der Waals surface area (Å²) in [5.74, 6) is -0.0584. The number of nitrogens with two attached hydrogens (primary N) is 1. The number of amides is 1. The van der Waals surface area contributed by atoms with Gasteiger partial charge in [-0.3, -0.25) is 14.6 Å². The Hall–Kier alpha value is -1.59. The van der Waals surface area contributed by atoms with Gasteiger partial charge in [0.2, 0.25) is 5.91 Å². The lowest BCUT2D eigenvalue weighted by molar-refractivity contribution is -0.123. The molecule has 0 unspecified atom stereocenters. The third kappa shape index (κ3) is 4.87. The van der Waals surface area contributed by atoms with Gasteiger partial charge >= 0.3 is 0 Å². The number of piperidine rings is 1. The molecule has 0 aromatic heterocycles. The molecule has 2 heterocycles. The standard InChI is InChI=1S/C22H27N3O.2ClH/c23-22(26)19-11-13-24(14-12-19)20-15-25(16-20)21(17-7-3-1-4-8-17)18-9-5-2-6-10-18;;/h1-10,19-21H,11-16H2,(H2,23,26);2*1H. The first-order valence-corrected chi connectivity index (χ1v) is 9.59. The summed E-state index contributed by atoms with van der Waals surface area (Å²) >= 11 is 0. The molecule has 0 bridgehead atoms. The van der Waals surface area contributed by atoms with Gasteiger partial charge in [-0.2, -0.15) is 0 Å². The summed E-state index contributed by atoms with van der Waals surface area (Å²) in [7, 11) is 0. The van der Waals surface area contributed by atoms with Gasteiger partial charge in [-0.15, -0.1) is 24.8 Å². The summed E-state index contributed by atoms with van der Waals surface area (Å²) < 4.78 is 0. The van der Waals surface area contributed by atoms with Gasteiger partial charge in [0, 0.05) is 25.0 Å². The Morgan fingerprint density at radius 3 is 1.75 bits per heavy atom. The van der Waals surface area contributed by atoms with Crippen molar-refractivity contribution < 1.29 is 4.79 Å². The van der Waals surface area contributed by atoms with E-state index in [0.717, 1.165) is 39.0 Å². The second-order valence-corrected chi connectivity index (χ2v) is 7.54. The summed E-state index contributed by atoms with van der Waals surface area (Å²) in [6.45, 7) is 4.15. The minimum Gasteiger partial charge on any atom is -0.369 e. The highest BCUT2D eigenvalue weighted by Crippen LogP contribution is 2.34. The number of halogens is 2. The minimum absolute atomic E-state index is 0. The zero-order valence-corrected chi connectivity index (χ0v) is 17.6. The number of carbonyl (C=O) groups excluding carboxylic acids is 1. The van der Waals surface area contributed by atoms with Gasteiger partial charge in [-0.05, 0) is 37.1 Å². The SMILES string of the molecule is Cl.Cl.NC(=O)C1CCN(C2CN(C(c3ccccc3)c3ccccc3)C2)CC1. The number of rotatable bonds is 5. The first-order chi connectivity index (χ1) is 12.7. The number of hydrogen-bond donors (Lipinski definition) is 1. The summed E-state index contributed by atoms with van der Waals surface area (Å²) in [6, 6.07) is 22.5. The molecule has 2 aliphatic heterocycles. The van der Waals surface area contributed by atoms with E-state index in [2.05, 4.69) is 70.5 Å². The molecule has 28 heavy (non-hydrogen) atoms. The maximum absolute atomic E-state index is 11.4. The van der Waals surface area contributed by atoms with Gasteiger partial charge in [-0.25, -0.2) is 0 Å². The lowest BCUT2D eigenvalue weighted by Crippen LogP contribution is -2.61. The highest BCUT2D eigenvalue weighted by Gasteiger charge is 2.38. The molecule has 2 fully saturated rings. The van der Waals surface area contributed by atoms with Crippen LogP contribution in [-0.4, -0.2) is 47.9 Å². The average Bonchev–Trinajstić information content (AvgIpc) is 2.66. The van der Waals surface area contributed by atoms with E-state index in [1.54, 1.807) is 0 Å². The third-order valence-corrected chi connectivity index (χ3v) is 5.93. The number of nitrogens with zero attached hydrogens (tertiary/aromatic N) is 2. The number of likely N-dealkylation sites (tertiary alicyclic amines) is 2. The highest BCUT2D eigenvalue weighted by molar-refractivity contribution is 5.85. The smallest absolute Gasteiger partial charge is 0.220 e. The van der Waals surface area contributed by atoms with Crippen molar-refractivity contribution in [2.45, 2.75) is 24.9 Å². The molecule has 6 heteroatoms. The predicted octanol–water partition coefficient (Wildman–Crippen LogP) is 3.50. The van der Waals surface area contributed by atoms with Gasteiger partial charge in [-0.1, -0.05) is 60.7 Å². The topological polar surface area (TPSA) is 49.6 Å². The molecule has 2 aliphatic rings. The van der Waals surface area contributed by atoms with E-state index in [4.69, 9.17) is 5.73 Å². The van der Waals surface area contributed by atoms with Crippen LogP contribution in [0.3, 0.4) is 0 Å². The van der Waals surface area contributed by atoms with E-state index < -0.39 is 0 Å². The van der Waals surface area contributed by atoms with Crippen LogP contribution in [0.2, 0.25) is 0 Å². The molecule has 2 aromatic carbocycles. The highest BCUT2D eigenvalue weighted by atomic mass is 35.5. The maximum Gasteiger partial charge on any atom is 0.220 e. The van der Waals surface area contributed by atoms with E-state index in [9.17, 15) is 4.79 Å². The summed E-state index contributed by atoms with van der Waals surface area (Å²) in [5.41, 5.74) is 8.16. The Labute approximate surface area is 179 Å². The number of benzene rings is 2. The minimum atomic E-state index is -0.131. The fourth-order valence-electron chi connectivity index (χ4n) is 4.36. The molecule has 152 valence electrons. The normalized spacial score (nSPS) is 18.8. The van der Waals surface area contributed by atoms with Gasteiger partial charge in [0.1, 0.15) is 0 Å². The third-order valence-electron chi connectivity index (χ3n) is 5.93. The molecule has 4 rings (SSSR count). The second-order valence-electron chi connectivity index (χ2n) is 7.54. The molecular formula is C22H29Cl2N3O. The van der Waals surface area contributed by atoms with E-state index in [-0.39, 0.29) is 36.6 Å². The van der Waals surface area contributed by atoms with Crippen molar-refractivity contribution in [2.24, 2.45) is 11.7 Å². The van der Waals surface area contributed by atoms with Crippen LogP contribution in [0.1, 0.15) is 30.0 Å². The van der Waals surface area contributed by atoms with E-state index in [0.29, 0.717) is 12.1 Å². The zero-order chi connectivity index (χ0) is 17.9. The van der Waals surface area contributed by atoms with Crippen LogP contribution in [0.15, 0.2) is 60.7 Å². The monoisotopic (exact) mass is 421 g/mol. The van der Waals surface area contributed by atoms with Crippen molar-refractivity contribution >= 4 is 30.7 Å². The molecular weight excluding hydrogens is 393 g/mol. The Kier molecular flexibility index (Phi) is 8.32. The molecule has 2 N–H and O–H groups in total. The molecule has 0 atom stereocenters. The van der Waals surface area contributed by atoms with Crippen molar-refractivity contribution in [1.82, 2.24) is 9.80 Å². The van der Waals surface area contributed by atoms with Crippen LogP contribution < -0.4 is 5.73 Å². The molecule has 0 aliphatic carbocycles. The molecule has 4 nitrogen and oxygen atoms in total. The van der Waals surface area contributed by atoms with Crippen molar-refractivity contribution in [1.29, 1.82) is 0 Å². The van der Waals surface area contributed by atoms with E-state index in [1.165, 1.54) is 11.1 Å². The van der Waals surface area contributed by atoms with Crippen LogP contribution in [0.5, 0.6) is 0 Å². The van der Waals surface area contributed by atoms with Crippen LogP contribution >= 0.6 is 24.8 Å². The van der Waals surface area contributed by atoms with Gasteiger partial charge in [0.25, 0.3) is 0 Å². The Balaban J connectivity index is 0.00000140. The molecule has 2 aromatic rings. The van der Waals surface area contributed by atoms with Crippen LogP contribution in [-0.2, 0) is 4.79 Å². The number of hydrogen-bond acceptors (Lipinski definition) is 3. The Morgan fingerprint density at radius 1 is 0.857 bits per heavy atom. The van der Waals surface area contributed by atoms with Crippen molar-refractivity contribution in [3.05, 3.63) is 71.8 Å².